The zero-order valence-electron chi connectivity index (χ0n) is 18.9. The van der Waals surface area contributed by atoms with E-state index < -0.39 is 0 Å². The van der Waals surface area contributed by atoms with Crippen molar-refractivity contribution in [3.8, 4) is 11.5 Å². The molecule has 11 heteroatoms. The second-order valence-corrected chi connectivity index (χ2v) is 8.35. The highest BCUT2D eigenvalue weighted by atomic mass is 35.5. The number of hydrazine groups is 1. The summed E-state index contributed by atoms with van der Waals surface area (Å²) in [4.78, 5) is 4.83. The number of quaternary nitrogens is 1. The lowest BCUT2D eigenvalue weighted by molar-refractivity contribution is -0.825. The van der Waals surface area contributed by atoms with E-state index in [0.29, 0.717) is 57.4 Å². The minimum Gasteiger partial charge on any atom is -0.497 e. The molecule has 0 aliphatic carbocycles. The fourth-order valence-electron chi connectivity index (χ4n) is 3.73. The monoisotopic (exact) mass is 493 g/mol. The lowest BCUT2D eigenvalue weighted by atomic mass is 10.2. The predicted molar refractivity (Wildman–Crippen MR) is 134 cm³/mol. The number of allylic oxidation sites excluding steroid dienone is 1. The third-order valence-corrected chi connectivity index (χ3v) is 6.25. The molecule has 1 aliphatic heterocycles. The van der Waals surface area contributed by atoms with Crippen LogP contribution in [0.25, 0.3) is 0 Å². The van der Waals surface area contributed by atoms with E-state index in [4.69, 9.17) is 44.9 Å². The SMILES string of the molecule is COc1ccc(N(N)/C(C(=S)N2CCN(c3ccc([NH2+]O)cc3Cl)CC2)=C(/C)N)c(OC)c1. The molecule has 0 saturated carbocycles. The number of anilines is 2. The molecule has 0 amide bonds. The predicted octanol–water partition coefficient (Wildman–Crippen LogP) is 1.96. The van der Waals surface area contributed by atoms with Gasteiger partial charge in [0.15, 0.2) is 5.69 Å². The first-order valence-electron chi connectivity index (χ1n) is 10.3. The first-order valence-corrected chi connectivity index (χ1v) is 11.1. The highest BCUT2D eigenvalue weighted by molar-refractivity contribution is 7.80. The molecule has 1 saturated heterocycles. The van der Waals surface area contributed by atoms with Crippen LogP contribution in [-0.4, -0.2) is 55.5 Å². The van der Waals surface area contributed by atoms with Crippen LogP contribution in [0.2, 0.25) is 5.02 Å². The minimum absolute atomic E-state index is 0.502. The molecule has 0 bridgehead atoms. The van der Waals surface area contributed by atoms with E-state index in [1.54, 1.807) is 45.4 Å². The number of halogens is 1. The Kier molecular flexibility index (Phi) is 8.22. The fraction of sp³-hybridized carbons (Fsp3) is 0.318. The zero-order valence-corrected chi connectivity index (χ0v) is 20.5. The van der Waals surface area contributed by atoms with Crippen LogP contribution in [0.1, 0.15) is 6.92 Å². The third-order valence-electron chi connectivity index (χ3n) is 5.49. The number of benzene rings is 2. The van der Waals surface area contributed by atoms with Gasteiger partial charge in [-0.3, -0.25) is 5.01 Å². The van der Waals surface area contributed by atoms with Crippen molar-refractivity contribution in [3.05, 3.63) is 52.8 Å². The molecule has 3 rings (SSSR count). The Bertz CT molecular complexity index is 1040. The highest BCUT2D eigenvalue weighted by Crippen LogP contribution is 2.34. The topological polar surface area (TPSA) is 117 Å². The molecule has 0 spiro atoms. The van der Waals surface area contributed by atoms with E-state index in [9.17, 15) is 5.21 Å². The second-order valence-electron chi connectivity index (χ2n) is 7.56. The smallest absolute Gasteiger partial charge is 0.163 e. The summed E-state index contributed by atoms with van der Waals surface area (Å²) in [6, 6.07) is 10.8. The van der Waals surface area contributed by atoms with Crippen molar-refractivity contribution in [1.82, 2.24) is 4.90 Å². The van der Waals surface area contributed by atoms with Gasteiger partial charge in [-0.1, -0.05) is 23.8 Å². The molecular weight excluding hydrogens is 464 g/mol. The largest absolute Gasteiger partial charge is 0.497 e. The summed E-state index contributed by atoms with van der Waals surface area (Å²) in [5, 5.41) is 11.2. The number of hydrogen-bond donors (Lipinski definition) is 4. The van der Waals surface area contributed by atoms with Gasteiger partial charge in [-0.15, -0.1) is 0 Å². The Morgan fingerprint density at radius 2 is 1.82 bits per heavy atom. The van der Waals surface area contributed by atoms with Crippen molar-refractivity contribution in [2.45, 2.75) is 6.92 Å². The molecule has 7 N–H and O–H groups in total. The number of rotatable bonds is 7. The average Bonchev–Trinajstić information content (AvgIpc) is 2.83. The first kappa shape index (κ1) is 24.9. The number of methoxy groups -OCH3 is 2. The van der Waals surface area contributed by atoms with E-state index in [2.05, 4.69) is 9.80 Å². The van der Waals surface area contributed by atoms with Gasteiger partial charge >= 0.3 is 0 Å². The van der Waals surface area contributed by atoms with Crippen LogP contribution < -0.4 is 36.4 Å². The lowest BCUT2D eigenvalue weighted by Gasteiger charge is -2.39. The van der Waals surface area contributed by atoms with Gasteiger partial charge in [-0.2, -0.15) is 5.48 Å². The Hall–Kier alpha value is -2.76. The van der Waals surface area contributed by atoms with Crippen LogP contribution in [0.15, 0.2) is 47.8 Å². The van der Waals surface area contributed by atoms with Gasteiger partial charge in [0.1, 0.15) is 22.2 Å². The van der Waals surface area contributed by atoms with Crippen molar-refractivity contribution in [3.63, 3.8) is 0 Å². The van der Waals surface area contributed by atoms with E-state index in [1.165, 1.54) is 5.01 Å². The normalized spacial score (nSPS) is 14.6. The number of piperazine rings is 1. The summed E-state index contributed by atoms with van der Waals surface area (Å²) in [5.41, 5.74) is 10.5. The van der Waals surface area contributed by atoms with E-state index in [0.717, 1.165) is 24.3 Å². The van der Waals surface area contributed by atoms with Crippen LogP contribution in [-0.2, 0) is 0 Å². The van der Waals surface area contributed by atoms with Gasteiger partial charge in [-0.25, -0.2) is 11.0 Å². The van der Waals surface area contributed by atoms with Crippen LogP contribution in [0.5, 0.6) is 11.5 Å². The molecule has 33 heavy (non-hydrogen) atoms. The number of nitrogens with zero attached hydrogens (tertiary/aromatic N) is 3. The molecule has 1 aliphatic rings. The Morgan fingerprint density at radius 1 is 1.12 bits per heavy atom. The standard InChI is InChI=1S/C22H29ClN6O3S/c1-14(24)21(29(25)19-7-5-16(31-2)13-20(19)32-3)22(33)28-10-8-27(9-11-28)18-6-4-15(26-30)12-17(18)23/h4-7,12-13,26,30H,8-11,24-25H2,1-3H3/p+1/b21-14-. The van der Waals surface area contributed by atoms with Crippen molar-refractivity contribution in [1.29, 1.82) is 0 Å². The lowest BCUT2D eigenvalue weighted by Crippen LogP contribution is -2.73. The molecule has 1 heterocycles. The van der Waals surface area contributed by atoms with Crippen molar-refractivity contribution in [2.24, 2.45) is 11.6 Å². The van der Waals surface area contributed by atoms with Gasteiger partial charge in [0, 0.05) is 50.1 Å². The maximum Gasteiger partial charge on any atom is 0.163 e. The molecule has 1 fully saturated rings. The summed E-state index contributed by atoms with van der Waals surface area (Å²) in [6.07, 6.45) is 0. The highest BCUT2D eigenvalue weighted by Gasteiger charge is 2.27. The van der Waals surface area contributed by atoms with E-state index >= 15 is 0 Å². The Morgan fingerprint density at radius 3 is 2.36 bits per heavy atom. The van der Waals surface area contributed by atoms with Gasteiger partial charge in [0.2, 0.25) is 0 Å². The summed E-state index contributed by atoms with van der Waals surface area (Å²) >= 11 is 12.2. The van der Waals surface area contributed by atoms with Crippen molar-refractivity contribution < 1.29 is 20.2 Å². The molecule has 0 unspecified atom stereocenters. The molecule has 2 aromatic carbocycles. The van der Waals surface area contributed by atoms with Crippen molar-refractivity contribution >= 4 is 45.9 Å². The molecule has 2 aromatic rings. The summed E-state index contributed by atoms with van der Waals surface area (Å²) in [6.45, 7) is 4.55. The summed E-state index contributed by atoms with van der Waals surface area (Å²) in [7, 11) is 3.16. The zero-order chi connectivity index (χ0) is 24.1. The maximum absolute atomic E-state index is 9.18. The number of hydrogen-bond acceptors (Lipinski definition) is 8. The Labute approximate surface area is 204 Å². The molecular formula is C22H30ClN6O3S+. The quantitative estimate of drug-likeness (QED) is 0.151. The van der Waals surface area contributed by atoms with Gasteiger partial charge in [0.05, 0.1) is 30.6 Å². The van der Waals surface area contributed by atoms with Crippen LogP contribution in [0, 0.1) is 0 Å². The summed E-state index contributed by atoms with van der Waals surface area (Å²) in [5.74, 6) is 7.69. The summed E-state index contributed by atoms with van der Waals surface area (Å²) < 4.78 is 10.8. The van der Waals surface area contributed by atoms with Crippen LogP contribution in [0.4, 0.5) is 17.1 Å². The van der Waals surface area contributed by atoms with E-state index in [1.807, 2.05) is 12.1 Å². The van der Waals surface area contributed by atoms with Gasteiger partial charge in [-0.05, 0) is 25.1 Å². The molecule has 0 aromatic heterocycles. The average molecular weight is 494 g/mol. The number of thiocarbonyl (C=S) groups is 1. The van der Waals surface area contributed by atoms with Crippen LogP contribution in [0.3, 0.4) is 0 Å². The van der Waals surface area contributed by atoms with E-state index in [-0.39, 0.29) is 0 Å². The molecule has 9 nitrogen and oxygen atoms in total. The Balaban J connectivity index is 1.76. The minimum atomic E-state index is 0.502. The van der Waals surface area contributed by atoms with Crippen LogP contribution >= 0.6 is 23.8 Å². The molecule has 0 atom stereocenters. The number of ether oxygens (including phenoxy) is 2. The fourth-order valence-corrected chi connectivity index (χ4v) is 4.48. The molecule has 178 valence electrons. The van der Waals surface area contributed by atoms with Crippen molar-refractivity contribution in [2.75, 3.05) is 50.3 Å². The number of nitrogens with two attached hydrogens (primary N) is 3. The van der Waals surface area contributed by atoms with Gasteiger partial charge in [0.25, 0.3) is 0 Å². The first-order chi connectivity index (χ1) is 15.8. The maximum atomic E-state index is 9.18. The second kappa shape index (κ2) is 10.9. The molecule has 0 radical (unpaired) electrons. The van der Waals surface area contributed by atoms with Gasteiger partial charge < -0.3 is 25.0 Å². The third kappa shape index (κ3) is 5.43.